The molecule has 0 amide bonds. The Hall–Kier alpha value is -3.67. The third-order valence-corrected chi connectivity index (χ3v) is 4.82. The van der Waals surface area contributed by atoms with Gasteiger partial charge in [-0.2, -0.15) is 0 Å². The number of aromatic nitrogens is 2. The predicted octanol–water partition coefficient (Wildman–Crippen LogP) is 4.29. The summed E-state index contributed by atoms with van der Waals surface area (Å²) in [6.07, 6.45) is 5.37. The van der Waals surface area contributed by atoms with Gasteiger partial charge in [0.1, 0.15) is 5.82 Å². The SMILES string of the molecule is CCCc1ncc(C=C(Cc2ccccc2)C(=O)O)n1Cc1ccc(C(=O)O)cc1. The van der Waals surface area contributed by atoms with E-state index in [4.69, 9.17) is 5.11 Å². The summed E-state index contributed by atoms with van der Waals surface area (Å²) in [7, 11) is 0. The minimum Gasteiger partial charge on any atom is -0.478 e. The van der Waals surface area contributed by atoms with Gasteiger partial charge in [0, 0.05) is 25.0 Å². The number of hydrogen-bond acceptors (Lipinski definition) is 3. The van der Waals surface area contributed by atoms with Crippen molar-refractivity contribution in [1.82, 2.24) is 9.55 Å². The van der Waals surface area contributed by atoms with E-state index in [0.717, 1.165) is 29.8 Å². The first-order valence-electron chi connectivity index (χ1n) is 9.82. The van der Waals surface area contributed by atoms with Crippen molar-refractivity contribution >= 4 is 18.0 Å². The molecule has 3 rings (SSSR count). The first-order valence-corrected chi connectivity index (χ1v) is 9.82. The third kappa shape index (κ3) is 5.23. The summed E-state index contributed by atoms with van der Waals surface area (Å²) in [5, 5.41) is 18.8. The molecule has 2 aromatic carbocycles. The summed E-state index contributed by atoms with van der Waals surface area (Å²) in [5.74, 6) is -1.06. The second-order valence-corrected chi connectivity index (χ2v) is 7.07. The fraction of sp³-hybridized carbons (Fsp3) is 0.208. The highest BCUT2D eigenvalue weighted by Gasteiger charge is 2.14. The molecule has 154 valence electrons. The zero-order valence-electron chi connectivity index (χ0n) is 16.8. The second kappa shape index (κ2) is 9.69. The molecule has 0 aliphatic carbocycles. The number of carboxylic acid groups (broad SMARTS) is 2. The van der Waals surface area contributed by atoms with E-state index in [1.54, 1.807) is 36.5 Å². The molecule has 0 spiro atoms. The van der Waals surface area contributed by atoms with Gasteiger partial charge in [0.05, 0.1) is 17.5 Å². The molecular formula is C24H24N2O4. The summed E-state index contributed by atoms with van der Waals surface area (Å²) in [6, 6.07) is 16.2. The van der Waals surface area contributed by atoms with Crippen molar-refractivity contribution in [3.05, 3.63) is 94.6 Å². The van der Waals surface area contributed by atoms with E-state index in [0.29, 0.717) is 18.7 Å². The highest BCUT2D eigenvalue weighted by atomic mass is 16.4. The minimum atomic E-state index is -0.966. The van der Waals surface area contributed by atoms with Crippen LogP contribution >= 0.6 is 0 Å². The van der Waals surface area contributed by atoms with Crippen LogP contribution in [0.4, 0.5) is 0 Å². The standard InChI is InChI=1S/C24H24N2O4/c1-2-6-22-25-15-21(14-20(24(29)30)13-17-7-4-3-5-8-17)26(22)16-18-9-11-19(12-10-18)23(27)28/h3-5,7-12,14-15H,2,6,13,16H2,1H3,(H,27,28)(H,29,30). The average molecular weight is 404 g/mol. The molecule has 0 bridgehead atoms. The number of aromatic carboxylic acids is 1. The maximum absolute atomic E-state index is 11.9. The number of aliphatic carboxylic acids is 1. The Balaban J connectivity index is 1.94. The molecular weight excluding hydrogens is 380 g/mol. The maximum Gasteiger partial charge on any atom is 0.335 e. The summed E-state index contributed by atoms with van der Waals surface area (Å²) < 4.78 is 1.99. The predicted molar refractivity (Wildman–Crippen MR) is 114 cm³/mol. The van der Waals surface area contributed by atoms with Gasteiger partial charge in [0.15, 0.2) is 0 Å². The first-order chi connectivity index (χ1) is 14.5. The van der Waals surface area contributed by atoms with E-state index in [1.807, 2.05) is 34.9 Å². The van der Waals surface area contributed by atoms with Crippen LogP contribution in [0.3, 0.4) is 0 Å². The van der Waals surface area contributed by atoms with Gasteiger partial charge in [-0.15, -0.1) is 0 Å². The van der Waals surface area contributed by atoms with Gasteiger partial charge in [-0.05, 0) is 35.8 Å². The van der Waals surface area contributed by atoms with E-state index >= 15 is 0 Å². The monoisotopic (exact) mass is 404 g/mol. The third-order valence-electron chi connectivity index (χ3n) is 4.82. The number of rotatable bonds is 9. The lowest BCUT2D eigenvalue weighted by Crippen LogP contribution is -2.09. The molecule has 1 heterocycles. The number of carboxylic acids is 2. The van der Waals surface area contributed by atoms with Crippen molar-refractivity contribution in [3.8, 4) is 0 Å². The summed E-state index contributed by atoms with van der Waals surface area (Å²) in [4.78, 5) is 27.4. The van der Waals surface area contributed by atoms with Crippen LogP contribution in [0.5, 0.6) is 0 Å². The van der Waals surface area contributed by atoms with Crippen LogP contribution < -0.4 is 0 Å². The van der Waals surface area contributed by atoms with Crippen LogP contribution in [0.25, 0.3) is 6.08 Å². The second-order valence-electron chi connectivity index (χ2n) is 7.07. The van der Waals surface area contributed by atoms with E-state index in [2.05, 4.69) is 11.9 Å². The molecule has 0 aliphatic rings. The highest BCUT2D eigenvalue weighted by molar-refractivity contribution is 5.92. The Labute approximate surface area is 175 Å². The van der Waals surface area contributed by atoms with Gasteiger partial charge < -0.3 is 14.8 Å². The summed E-state index contributed by atoms with van der Waals surface area (Å²) in [6.45, 7) is 2.55. The van der Waals surface area contributed by atoms with Crippen LogP contribution in [-0.2, 0) is 24.2 Å². The Morgan fingerprint density at radius 2 is 1.70 bits per heavy atom. The van der Waals surface area contributed by atoms with Gasteiger partial charge in [0.2, 0.25) is 0 Å². The zero-order valence-corrected chi connectivity index (χ0v) is 16.8. The van der Waals surface area contributed by atoms with Crippen molar-refractivity contribution < 1.29 is 19.8 Å². The van der Waals surface area contributed by atoms with Crippen LogP contribution in [0.1, 0.15) is 46.3 Å². The number of carbonyl (C=O) groups is 2. The molecule has 6 nitrogen and oxygen atoms in total. The molecule has 3 aromatic rings. The van der Waals surface area contributed by atoms with Crippen molar-refractivity contribution in [2.45, 2.75) is 32.7 Å². The van der Waals surface area contributed by atoms with E-state index < -0.39 is 11.9 Å². The van der Waals surface area contributed by atoms with Crippen LogP contribution in [0.2, 0.25) is 0 Å². The zero-order chi connectivity index (χ0) is 21.5. The van der Waals surface area contributed by atoms with Crippen LogP contribution in [0.15, 0.2) is 66.4 Å². The molecule has 30 heavy (non-hydrogen) atoms. The number of nitrogens with zero attached hydrogens (tertiary/aromatic N) is 2. The Morgan fingerprint density at radius 1 is 1.00 bits per heavy atom. The number of hydrogen-bond donors (Lipinski definition) is 2. The van der Waals surface area contributed by atoms with Crippen molar-refractivity contribution in [2.24, 2.45) is 0 Å². The molecule has 0 saturated carbocycles. The Morgan fingerprint density at radius 3 is 2.30 bits per heavy atom. The Kier molecular flexibility index (Phi) is 6.80. The van der Waals surface area contributed by atoms with Crippen molar-refractivity contribution in [2.75, 3.05) is 0 Å². The van der Waals surface area contributed by atoms with Gasteiger partial charge in [-0.25, -0.2) is 14.6 Å². The largest absolute Gasteiger partial charge is 0.478 e. The smallest absolute Gasteiger partial charge is 0.335 e. The fourth-order valence-corrected chi connectivity index (χ4v) is 3.27. The lowest BCUT2D eigenvalue weighted by atomic mass is 10.0. The molecule has 2 N–H and O–H groups in total. The average Bonchev–Trinajstić information content (AvgIpc) is 3.10. The number of imidazole rings is 1. The Bertz CT molecular complexity index is 1050. The summed E-state index contributed by atoms with van der Waals surface area (Å²) in [5.41, 5.74) is 3.08. The number of benzene rings is 2. The maximum atomic E-state index is 11.9. The van der Waals surface area contributed by atoms with Gasteiger partial charge in [-0.3, -0.25) is 0 Å². The molecule has 0 atom stereocenters. The van der Waals surface area contributed by atoms with E-state index in [1.165, 1.54) is 0 Å². The minimum absolute atomic E-state index is 0.231. The molecule has 0 fully saturated rings. The topological polar surface area (TPSA) is 92.4 Å². The van der Waals surface area contributed by atoms with Gasteiger partial charge >= 0.3 is 11.9 Å². The normalized spacial score (nSPS) is 11.4. The first kappa shape index (κ1) is 21.0. The van der Waals surface area contributed by atoms with Crippen molar-refractivity contribution in [3.63, 3.8) is 0 Å². The van der Waals surface area contributed by atoms with Crippen molar-refractivity contribution in [1.29, 1.82) is 0 Å². The molecule has 6 heteroatoms. The summed E-state index contributed by atoms with van der Waals surface area (Å²) >= 11 is 0. The van der Waals surface area contributed by atoms with Gasteiger partial charge in [-0.1, -0.05) is 49.4 Å². The number of aryl methyl sites for hydroxylation is 1. The quantitative estimate of drug-likeness (QED) is 0.519. The lowest BCUT2D eigenvalue weighted by molar-refractivity contribution is -0.132. The lowest BCUT2D eigenvalue weighted by Gasteiger charge is -2.11. The highest BCUT2D eigenvalue weighted by Crippen LogP contribution is 2.18. The molecule has 1 aromatic heterocycles. The van der Waals surface area contributed by atoms with E-state index in [-0.39, 0.29) is 11.1 Å². The fourth-order valence-electron chi connectivity index (χ4n) is 3.27. The van der Waals surface area contributed by atoms with Gasteiger partial charge in [0.25, 0.3) is 0 Å². The van der Waals surface area contributed by atoms with E-state index in [9.17, 15) is 14.7 Å². The van der Waals surface area contributed by atoms with Crippen LogP contribution in [0, 0.1) is 0 Å². The molecule has 0 unspecified atom stereocenters. The molecule has 0 aliphatic heterocycles. The molecule has 0 saturated heterocycles. The van der Waals surface area contributed by atoms with Crippen LogP contribution in [-0.4, -0.2) is 31.7 Å². The molecule has 0 radical (unpaired) electrons.